The maximum Gasteiger partial charge on any atom is 0.239 e. The number of benzene rings is 1. The Morgan fingerprint density at radius 2 is 1.68 bits per heavy atom. The molecule has 124 valence electrons. The molecule has 4 N–H and O–H groups in total. The second-order valence-corrected chi connectivity index (χ2v) is 5.18. The number of hydrogen-bond donors (Lipinski definition) is 3. The highest BCUT2D eigenvalue weighted by Gasteiger charge is 2.26. The van der Waals surface area contributed by atoms with Crippen LogP contribution < -0.4 is 16.4 Å². The van der Waals surface area contributed by atoms with E-state index in [9.17, 15) is 9.59 Å². The number of rotatable bonds is 8. The number of nitrogens with one attached hydrogen (secondary N) is 2. The molecule has 0 radical (unpaired) electrons. The van der Waals surface area contributed by atoms with Crippen LogP contribution in [0.3, 0.4) is 0 Å². The van der Waals surface area contributed by atoms with Gasteiger partial charge in [-0.15, -0.1) is 12.4 Å². The first-order valence-electron chi connectivity index (χ1n) is 7.37. The van der Waals surface area contributed by atoms with Crippen molar-refractivity contribution in [2.75, 3.05) is 13.1 Å². The minimum absolute atomic E-state index is 0. The lowest BCUT2D eigenvalue weighted by Gasteiger charge is -2.31. The second kappa shape index (κ2) is 10.2. The summed E-state index contributed by atoms with van der Waals surface area (Å²) in [5.74, 6) is -0.367. The van der Waals surface area contributed by atoms with Crippen molar-refractivity contribution in [1.29, 1.82) is 0 Å². The lowest BCUT2D eigenvalue weighted by atomic mass is 9.93. The molecule has 0 fully saturated rings. The molecule has 22 heavy (non-hydrogen) atoms. The molecule has 0 spiro atoms. The Morgan fingerprint density at radius 3 is 2.18 bits per heavy atom. The summed E-state index contributed by atoms with van der Waals surface area (Å²) in [4.78, 5) is 23.7. The highest BCUT2D eigenvalue weighted by Crippen LogP contribution is 2.12. The largest absolute Gasteiger partial charge is 0.348 e. The molecule has 0 saturated carbocycles. The van der Waals surface area contributed by atoms with Gasteiger partial charge in [-0.05, 0) is 18.4 Å². The zero-order valence-electron chi connectivity index (χ0n) is 13.2. The molecule has 0 bridgehead atoms. The first kappa shape index (κ1) is 20.4. The van der Waals surface area contributed by atoms with Gasteiger partial charge in [0.15, 0.2) is 0 Å². The molecule has 1 aromatic rings. The molecule has 0 aromatic heterocycles. The van der Waals surface area contributed by atoms with E-state index in [4.69, 9.17) is 5.73 Å². The fourth-order valence-corrected chi connectivity index (χ4v) is 2.13. The van der Waals surface area contributed by atoms with Gasteiger partial charge in [0.2, 0.25) is 11.8 Å². The number of nitrogens with two attached hydrogens (primary N) is 1. The van der Waals surface area contributed by atoms with Crippen LogP contribution in [-0.2, 0) is 16.0 Å². The van der Waals surface area contributed by atoms with Crippen LogP contribution in [0.1, 0.15) is 32.3 Å². The van der Waals surface area contributed by atoms with E-state index in [2.05, 4.69) is 10.6 Å². The smallest absolute Gasteiger partial charge is 0.239 e. The molecule has 0 saturated heterocycles. The lowest BCUT2D eigenvalue weighted by molar-refractivity contribution is -0.126. The van der Waals surface area contributed by atoms with Crippen LogP contribution in [0.25, 0.3) is 0 Å². The van der Waals surface area contributed by atoms with Crippen molar-refractivity contribution in [1.82, 2.24) is 10.6 Å². The summed E-state index contributed by atoms with van der Waals surface area (Å²) >= 11 is 0. The molecule has 0 heterocycles. The Hall–Kier alpha value is -1.59. The van der Waals surface area contributed by atoms with Crippen LogP contribution in [0.4, 0.5) is 0 Å². The summed E-state index contributed by atoms with van der Waals surface area (Å²) in [6.45, 7) is 4.35. The van der Waals surface area contributed by atoms with Gasteiger partial charge in [-0.25, -0.2) is 0 Å². The van der Waals surface area contributed by atoms with E-state index in [0.29, 0.717) is 6.54 Å². The quantitative estimate of drug-likeness (QED) is 0.675. The third-order valence-corrected chi connectivity index (χ3v) is 3.80. The van der Waals surface area contributed by atoms with Gasteiger partial charge in [0.05, 0.1) is 18.5 Å². The van der Waals surface area contributed by atoms with E-state index in [1.165, 1.54) is 0 Å². The van der Waals surface area contributed by atoms with Crippen LogP contribution in [-0.4, -0.2) is 30.4 Å². The highest BCUT2D eigenvalue weighted by atomic mass is 35.5. The monoisotopic (exact) mass is 327 g/mol. The Labute approximate surface area is 138 Å². The molecule has 1 rings (SSSR count). The first-order chi connectivity index (χ1) is 10.0. The summed E-state index contributed by atoms with van der Waals surface area (Å²) in [5, 5.41) is 5.55. The summed E-state index contributed by atoms with van der Waals surface area (Å²) in [7, 11) is 0. The Balaban J connectivity index is 0.00000441. The number of carbonyl (C=O) groups excluding carboxylic acids is 2. The van der Waals surface area contributed by atoms with Gasteiger partial charge in [-0.2, -0.15) is 0 Å². The zero-order chi connectivity index (χ0) is 15.7. The molecule has 0 atom stereocenters. The second-order valence-electron chi connectivity index (χ2n) is 5.18. The predicted molar refractivity (Wildman–Crippen MR) is 90.9 cm³/mol. The molecule has 0 unspecified atom stereocenters. The van der Waals surface area contributed by atoms with Crippen molar-refractivity contribution in [3.8, 4) is 0 Å². The van der Waals surface area contributed by atoms with E-state index >= 15 is 0 Å². The van der Waals surface area contributed by atoms with Crippen molar-refractivity contribution in [2.24, 2.45) is 5.73 Å². The molecule has 0 aliphatic heterocycles. The van der Waals surface area contributed by atoms with Gasteiger partial charge in [0.1, 0.15) is 0 Å². The summed E-state index contributed by atoms with van der Waals surface area (Å²) in [6, 6.07) is 9.43. The summed E-state index contributed by atoms with van der Waals surface area (Å²) < 4.78 is 0. The zero-order valence-corrected chi connectivity index (χ0v) is 14.0. The molecular formula is C16H26ClN3O2. The van der Waals surface area contributed by atoms with Crippen LogP contribution in [0, 0.1) is 0 Å². The fraction of sp³-hybridized carbons (Fsp3) is 0.500. The number of hydrogen-bond acceptors (Lipinski definition) is 3. The summed E-state index contributed by atoms with van der Waals surface area (Å²) in [5.41, 5.74) is 6.28. The summed E-state index contributed by atoms with van der Waals surface area (Å²) in [6.07, 6.45) is 1.81. The molecule has 5 nitrogen and oxygen atoms in total. The molecule has 6 heteroatoms. The van der Waals surface area contributed by atoms with E-state index < -0.39 is 0 Å². The van der Waals surface area contributed by atoms with Crippen LogP contribution in [0.2, 0.25) is 0 Å². The van der Waals surface area contributed by atoms with Crippen molar-refractivity contribution < 1.29 is 9.59 Å². The van der Waals surface area contributed by atoms with Gasteiger partial charge < -0.3 is 16.4 Å². The minimum atomic E-state index is -0.374. The fourth-order valence-electron chi connectivity index (χ4n) is 2.13. The van der Waals surface area contributed by atoms with Crippen molar-refractivity contribution >= 4 is 24.2 Å². The van der Waals surface area contributed by atoms with E-state index in [-0.39, 0.29) is 42.7 Å². The molecule has 2 amide bonds. The number of amides is 2. The van der Waals surface area contributed by atoms with E-state index in [1.807, 2.05) is 44.2 Å². The normalized spacial score (nSPS) is 10.5. The molecule has 0 aliphatic carbocycles. The molecule has 0 aliphatic rings. The highest BCUT2D eigenvalue weighted by molar-refractivity contribution is 5.86. The van der Waals surface area contributed by atoms with Gasteiger partial charge in [0.25, 0.3) is 0 Å². The van der Waals surface area contributed by atoms with Crippen LogP contribution in [0.5, 0.6) is 0 Å². The van der Waals surface area contributed by atoms with Crippen molar-refractivity contribution in [3.63, 3.8) is 0 Å². The van der Waals surface area contributed by atoms with E-state index in [0.717, 1.165) is 18.4 Å². The average Bonchev–Trinajstić information content (AvgIpc) is 2.52. The van der Waals surface area contributed by atoms with Crippen molar-refractivity contribution in [3.05, 3.63) is 35.9 Å². The maximum atomic E-state index is 11.9. The van der Waals surface area contributed by atoms with Crippen molar-refractivity contribution in [2.45, 2.75) is 38.6 Å². The molecular weight excluding hydrogens is 302 g/mol. The van der Waals surface area contributed by atoms with E-state index in [1.54, 1.807) is 0 Å². The van der Waals surface area contributed by atoms with Crippen LogP contribution in [0.15, 0.2) is 30.3 Å². The van der Waals surface area contributed by atoms with Gasteiger partial charge in [-0.1, -0.05) is 44.2 Å². The van der Waals surface area contributed by atoms with Gasteiger partial charge >= 0.3 is 0 Å². The Kier molecular flexibility index (Phi) is 9.45. The number of halogens is 1. The standard InChI is InChI=1S/C16H25N3O2.ClH/c1-3-16(4-2,12-17)19-15(21)11-18-14(20)10-13-8-6-5-7-9-13;/h5-9H,3-4,10-12,17H2,1-2H3,(H,18,20)(H,19,21);1H. The topological polar surface area (TPSA) is 84.2 Å². The average molecular weight is 328 g/mol. The predicted octanol–water partition coefficient (Wildman–Crippen LogP) is 1.40. The third kappa shape index (κ3) is 6.45. The molecule has 1 aromatic carbocycles. The maximum absolute atomic E-state index is 11.9. The Bertz CT molecular complexity index is 453. The first-order valence-corrected chi connectivity index (χ1v) is 7.37. The van der Waals surface area contributed by atoms with Gasteiger partial charge in [0, 0.05) is 6.54 Å². The number of carbonyl (C=O) groups is 2. The minimum Gasteiger partial charge on any atom is -0.348 e. The van der Waals surface area contributed by atoms with Crippen LogP contribution >= 0.6 is 12.4 Å². The lowest BCUT2D eigenvalue weighted by Crippen LogP contribution is -2.55. The SMILES string of the molecule is CCC(CC)(CN)NC(=O)CNC(=O)Cc1ccccc1.Cl. The third-order valence-electron chi connectivity index (χ3n) is 3.80. The van der Waals surface area contributed by atoms with Gasteiger partial charge in [-0.3, -0.25) is 9.59 Å². The Morgan fingerprint density at radius 1 is 1.09 bits per heavy atom.